The number of hydrogen-bond donors (Lipinski definition) is 1. The summed E-state index contributed by atoms with van der Waals surface area (Å²) in [6.07, 6.45) is 1.04. The van der Waals surface area contributed by atoms with Crippen molar-refractivity contribution in [2.75, 3.05) is 70.7 Å². The van der Waals surface area contributed by atoms with Crippen molar-refractivity contribution < 1.29 is 9.53 Å². The van der Waals surface area contributed by atoms with Crippen molar-refractivity contribution >= 4 is 17.3 Å². The Hall–Kier alpha value is -2.73. The lowest BCUT2D eigenvalue weighted by Crippen LogP contribution is -2.47. The molecule has 0 aromatic heterocycles. The van der Waals surface area contributed by atoms with Crippen molar-refractivity contribution in [1.29, 1.82) is 0 Å². The van der Waals surface area contributed by atoms with Crippen LogP contribution in [-0.4, -0.2) is 76.2 Å². The topological polar surface area (TPSA) is 48.1 Å². The third kappa shape index (κ3) is 5.25. The molecule has 0 unspecified atom stereocenters. The van der Waals surface area contributed by atoms with Gasteiger partial charge in [0.1, 0.15) is 5.75 Å². The van der Waals surface area contributed by atoms with Gasteiger partial charge in [0.15, 0.2) is 0 Å². The van der Waals surface area contributed by atoms with E-state index in [1.165, 1.54) is 5.69 Å². The molecule has 1 aliphatic heterocycles. The van der Waals surface area contributed by atoms with Gasteiger partial charge in [0.2, 0.25) is 0 Å². The van der Waals surface area contributed by atoms with Gasteiger partial charge in [-0.2, -0.15) is 0 Å². The Bertz CT molecular complexity index is 845. The summed E-state index contributed by atoms with van der Waals surface area (Å²) in [6.45, 7) is 8.06. The lowest BCUT2D eigenvalue weighted by Gasteiger charge is -2.36. The molecule has 0 saturated carbocycles. The van der Waals surface area contributed by atoms with Crippen molar-refractivity contribution in [2.45, 2.75) is 13.3 Å². The molecule has 1 heterocycles. The Kier molecular flexibility index (Phi) is 7.57. The van der Waals surface area contributed by atoms with Gasteiger partial charge in [0.05, 0.1) is 18.4 Å². The normalized spacial score (nSPS) is 14.5. The molecule has 2 aromatic rings. The first-order valence-electron chi connectivity index (χ1n) is 10.7. The van der Waals surface area contributed by atoms with Gasteiger partial charge in [0.25, 0.3) is 5.91 Å². The van der Waals surface area contributed by atoms with Gasteiger partial charge in [-0.3, -0.25) is 9.69 Å². The molecule has 0 bridgehead atoms. The minimum atomic E-state index is 0.0358. The Morgan fingerprint density at radius 1 is 1.07 bits per heavy atom. The average molecular weight is 411 g/mol. The third-order valence-corrected chi connectivity index (χ3v) is 5.66. The highest BCUT2D eigenvalue weighted by molar-refractivity contribution is 6.00. The first kappa shape index (κ1) is 22.0. The Morgan fingerprint density at radius 3 is 2.50 bits per heavy atom. The maximum Gasteiger partial charge on any atom is 0.255 e. The molecule has 0 spiro atoms. The van der Waals surface area contributed by atoms with E-state index in [2.05, 4.69) is 27.2 Å². The van der Waals surface area contributed by atoms with Crippen molar-refractivity contribution in [3.8, 4) is 5.75 Å². The predicted molar refractivity (Wildman–Crippen MR) is 124 cm³/mol. The molecule has 0 radical (unpaired) electrons. The minimum Gasteiger partial charge on any atom is -0.495 e. The van der Waals surface area contributed by atoms with Crippen LogP contribution in [0.4, 0.5) is 11.4 Å². The second-order valence-electron chi connectivity index (χ2n) is 7.98. The number of benzene rings is 2. The lowest BCUT2D eigenvalue weighted by molar-refractivity contribution is 0.0828. The molecule has 162 valence electrons. The number of nitrogens with zero attached hydrogens (tertiary/aromatic N) is 3. The zero-order valence-corrected chi connectivity index (χ0v) is 18.6. The van der Waals surface area contributed by atoms with Crippen molar-refractivity contribution in [2.24, 2.45) is 0 Å². The maximum atomic E-state index is 12.5. The Labute approximate surface area is 180 Å². The summed E-state index contributed by atoms with van der Waals surface area (Å²) in [4.78, 5) is 19.0. The Balaban J connectivity index is 1.47. The van der Waals surface area contributed by atoms with E-state index in [0.29, 0.717) is 0 Å². The Morgan fingerprint density at radius 2 is 1.80 bits per heavy atom. The highest BCUT2D eigenvalue weighted by atomic mass is 16.5. The van der Waals surface area contributed by atoms with Gasteiger partial charge < -0.3 is 19.9 Å². The van der Waals surface area contributed by atoms with Gasteiger partial charge in [-0.15, -0.1) is 0 Å². The number of methoxy groups -OCH3 is 1. The summed E-state index contributed by atoms with van der Waals surface area (Å²) in [5.41, 5.74) is 3.98. The van der Waals surface area contributed by atoms with Crippen LogP contribution in [0, 0.1) is 6.92 Å². The van der Waals surface area contributed by atoms with Crippen LogP contribution in [-0.2, 0) is 0 Å². The lowest BCUT2D eigenvalue weighted by atomic mass is 10.1. The van der Waals surface area contributed by atoms with Crippen molar-refractivity contribution in [3.05, 3.63) is 53.6 Å². The van der Waals surface area contributed by atoms with Gasteiger partial charge in [-0.1, -0.05) is 24.3 Å². The van der Waals surface area contributed by atoms with Crippen LogP contribution >= 0.6 is 0 Å². The van der Waals surface area contributed by atoms with Crippen LogP contribution in [0.1, 0.15) is 22.3 Å². The number of ether oxygens (including phenoxy) is 1. The predicted octanol–water partition coefficient (Wildman–Crippen LogP) is 3.33. The highest BCUT2D eigenvalue weighted by Crippen LogP contribution is 2.28. The summed E-state index contributed by atoms with van der Waals surface area (Å²) in [6, 6.07) is 14.1. The molecule has 3 rings (SSSR count). The fourth-order valence-electron chi connectivity index (χ4n) is 3.94. The molecule has 1 amide bonds. The molecule has 1 N–H and O–H groups in total. The maximum absolute atomic E-state index is 12.5. The van der Waals surface area contributed by atoms with Crippen molar-refractivity contribution in [1.82, 2.24) is 9.80 Å². The van der Waals surface area contributed by atoms with Crippen LogP contribution < -0.4 is 15.0 Å². The number of carbonyl (C=O) groups excluding carboxylic acids is 1. The van der Waals surface area contributed by atoms with Crippen LogP contribution in [0.25, 0.3) is 0 Å². The van der Waals surface area contributed by atoms with Crippen LogP contribution in [0.2, 0.25) is 0 Å². The summed E-state index contributed by atoms with van der Waals surface area (Å²) >= 11 is 0. The van der Waals surface area contributed by atoms with E-state index in [1.807, 2.05) is 37.3 Å². The van der Waals surface area contributed by atoms with Gasteiger partial charge in [-0.05, 0) is 43.7 Å². The molecule has 0 atom stereocenters. The fourth-order valence-corrected chi connectivity index (χ4v) is 3.94. The standard InChI is InChI=1S/C24H34N4O2/c1-19-9-7-10-20(24(29)26(2)3)23(19)25-13-8-14-27-15-17-28(18-16-27)21-11-5-6-12-22(21)30-4/h5-7,9-12,25H,8,13-18H2,1-4H3. The number of amides is 1. The molecular weight excluding hydrogens is 376 g/mol. The fraction of sp³-hybridized carbons (Fsp3) is 0.458. The highest BCUT2D eigenvalue weighted by Gasteiger charge is 2.19. The number of carbonyl (C=O) groups is 1. The van der Waals surface area contributed by atoms with Crippen LogP contribution in [0.5, 0.6) is 5.75 Å². The zero-order valence-electron chi connectivity index (χ0n) is 18.6. The molecule has 2 aromatic carbocycles. The second-order valence-corrected chi connectivity index (χ2v) is 7.98. The largest absolute Gasteiger partial charge is 0.495 e. The van der Waals surface area contributed by atoms with Crippen LogP contribution in [0.3, 0.4) is 0 Å². The average Bonchev–Trinajstić information content (AvgIpc) is 2.77. The molecule has 30 heavy (non-hydrogen) atoms. The van der Waals surface area contributed by atoms with E-state index in [1.54, 1.807) is 26.1 Å². The van der Waals surface area contributed by atoms with Crippen LogP contribution in [0.15, 0.2) is 42.5 Å². The smallest absolute Gasteiger partial charge is 0.255 e. The first-order chi connectivity index (χ1) is 14.5. The van der Waals surface area contributed by atoms with E-state index < -0.39 is 0 Å². The van der Waals surface area contributed by atoms with E-state index in [9.17, 15) is 4.79 Å². The molecule has 0 aliphatic carbocycles. The number of nitrogens with one attached hydrogen (secondary N) is 1. The summed E-state index contributed by atoms with van der Waals surface area (Å²) in [5, 5.41) is 3.51. The number of aryl methyl sites for hydroxylation is 1. The first-order valence-corrected chi connectivity index (χ1v) is 10.7. The number of hydrogen-bond acceptors (Lipinski definition) is 5. The number of para-hydroxylation sites is 3. The van der Waals surface area contributed by atoms with Gasteiger partial charge in [-0.25, -0.2) is 0 Å². The van der Waals surface area contributed by atoms with E-state index in [4.69, 9.17) is 4.74 Å². The van der Waals surface area contributed by atoms with E-state index >= 15 is 0 Å². The molecule has 1 saturated heterocycles. The molecular formula is C24H34N4O2. The summed E-state index contributed by atoms with van der Waals surface area (Å²) < 4.78 is 5.51. The second kappa shape index (κ2) is 10.3. The molecule has 1 fully saturated rings. The number of piperazine rings is 1. The SMILES string of the molecule is COc1ccccc1N1CCN(CCCNc2c(C)cccc2C(=O)N(C)C)CC1. The third-order valence-electron chi connectivity index (χ3n) is 5.66. The summed E-state index contributed by atoms with van der Waals surface area (Å²) in [7, 11) is 5.31. The van der Waals surface area contributed by atoms with E-state index in [-0.39, 0.29) is 5.91 Å². The number of anilines is 2. The van der Waals surface area contributed by atoms with Crippen molar-refractivity contribution in [3.63, 3.8) is 0 Å². The molecule has 6 nitrogen and oxygen atoms in total. The quantitative estimate of drug-likeness (QED) is 0.677. The zero-order chi connectivity index (χ0) is 21.5. The summed E-state index contributed by atoms with van der Waals surface area (Å²) in [5.74, 6) is 0.977. The molecule has 6 heteroatoms. The van der Waals surface area contributed by atoms with E-state index in [0.717, 1.165) is 68.3 Å². The minimum absolute atomic E-state index is 0.0358. The molecule has 1 aliphatic rings. The van der Waals surface area contributed by atoms with Gasteiger partial charge >= 0.3 is 0 Å². The van der Waals surface area contributed by atoms with Gasteiger partial charge in [0, 0.05) is 52.5 Å². The number of rotatable bonds is 8. The monoisotopic (exact) mass is 410 g/mol.